The standard InChI is InChI=1S/C18H19N3O4/c1-10-6-13(10)16-5-4-12(25-16)9-21(11-2-3-11)17(22)14-7-20-15(8-19-14)18(23)24/h4-5,7-8,10-11,13H,2-3,6,9H2,1H3,(H,23,24). The van der Waals surface area contributed by atoms with E-state index < -0.39 is 5.97 Å². The van der Waals surface area contributed by atoms with Crippen LogP contribution in [0.15, 0.2) is 28.9 Å². The summed E-state index contributed by atoms with van der Waals surface area (Å²) in [7, 11) is 0. The topological polar surface area (TPSA) is 96.5 Å². The fourth-order valence-electron chi connectivity index (χ4n) is 3.01. The van der Waals surface area contributed by atoms with E-state index in [0.717, 1.165) is 37.0 Å². The number of aromatic carboxylic acids is 1. The highest BCUT2D eigenvalue weighted by Crippen LogP contribution is 2.47. The van der Waals surface area contributed by atoms with Crippen LogP contribution in [0.5, 0.6) is 0 Å². The summed E-state index contributed by atoms with van der Waals surface area (Å²) in [6.07, 6.45) is 5.41. The molecule has 7 nitrogen and oxygen atoms in total. The first kappa shape index (κ1) is 15.8. The highest BCUT2D eigenvalue weighted by molar-refractivity contribution is 5.93. The Balaban J connectivity index is 1.49. The maximum absolute atomic E-state index is 12.8. The molecule has 0 aromatic carbocycles. The van der Waals surface area contributed by atoms with Gasteiger partial charge in [-0.2, -0.15) is 0 Å². The van der Waals surface area contributed by atoms with Crippen molar-refractivity contribution in [3.8, 4) is 0 Å². The largest absolute Gasteiger partial charge is 0.476 e. The van der Waals surface area contributed by atoms with Gasteiger partial charge in [0.2, 0.25) is 0 Å². The molecule has 2 aliphatic carbocycles. The van der Waals surface area contributed by atoms with E-state index in [1.54, 1.807) is 4.90 Å². The summed E-state index contributed by atoms with van der Waals surface area (Å²) < 4.78 is 5.92. The van der Waals surface area contributed by atoms with Crippen molar-refractivity contribution in [2.75, 3.05) is 0 Å². The second kappa shape index (κ2) is 5.98. The van der Waals surface area contributed by atoms with Gasteiger partial charge in [-0.15, -0.1) is 0 Å². The number of aromatic nitrogens is 2. The van der Waals surface area contributed by atoms with Gasteiger partial charge in [0.05, 0.1) is 18.9 Å². The second-order valence-corrected chi connectivity index (χ2v) is 6.88. The first-order valence-electron chi connectivity index (χ1n) is 8.48. The zero-order chi connectivity index (χ0) is 17.6. The lowest BCUT2D eigenvalue weighted by atomic mass is 10.2. The van der Waals surface area contributed by atoms with Gasteiger partial charge in [0, 0.05) is 12.0 Å². The van der Waals surface area contributed by atoms with Gasteiger partial charge in [0.1, 0.15) is 17.2 Å². The summed E-state index contributed by atoms with van der Waals surface area (Å²) in [5.74, 6) is 1.53. The van der Waals surface area contributed by atoms with Crippen LogP contribution in [0.2, 0.25) is 0 Å². The summed E-state index contributed by atoms with van der Waals surface area (Å²) in [6.45, 7) is 2.60. The van der Waals surface area contributed by atoms with Gasteiger partial charge in [-0.05, 0) is 37.3 Å². The number of carboxylic acid groups (broad SMARTS) is 1. The first-order valence-corrected chi connectivity index (χ1v) is 8.48. The molecule has 2 aromatic heterocycles. The molecule has 0 saturated heterocycles. The Morgan fingerprint density at radius 2 is 1.92 bits per heavy atom. The van der Waals surface area contributed by atoms with Crippen LogP contribution in [0.1, 0.15) is 64.6 Å². The van der Waals surface area contributed by atoms with E-state index in [1.807, 2.05) is 12.1 Å². The van der Waals surface area contributed by atoms with Crippen LogP contribution in [0.25, 0.3) is 0 Å². The van der Waals surface area contributed by atoms with Crippen molar-refractivity contribution < 1.29 is 19.1 Å². The van der Waals surface area contributed by atoms with Crippen molar-refractivity contribution in [3.05, 3.63) is 47.4 Å². The maximum atomic E-state index is 12.8. The molecule has 25 heavy (non-hydrogen) atoms. The molecular formula is C18H19N3O4. The highest BCUT2D eigenvalue weighted by atomic mass is 16.4. The molecule has 0 bridgehead atoms. The zero-order valence-corrected chi connectivity index (χ0v) is 13.9. The van der Waals surface area contributed by atoms with Crippen LogP contribution in [-0.4, -0.2) is 37.9 Å². The summed E-state index contributed by atoms with van der Waals surface area (Å²) in [5.41, 5.74) is -0.0248. The number of furan rings is 1. The third-order valence-corrected chi connectivity index (χ3v) is 4.82. The third kappa shape index (κ3) is 3.26. The minimum atomic E-state index is -1.16. The third-order valence-electron chi connectivity index (χ3n) is 4.82. The fourth-order valence-corrected chi connectivity index (χ4v) is 3.01. The van der Waals surface area contributed by atoms with E-state index in [-0.39, 0.29) is 23.3 Å². The molecule has 2 atom stereocenters. The average molecular weight is 341 g/mol. The number of carbonyl (C=O) groups is 2. The van der Waals surface area contributed by atoms with Crippen molar-refractivity contribution in [1.82, 2.24) is 14.9 Å². The van der Waals surface area contributed by atoms with Crippen molar-refractivity contribution >= 4 is 11.9 Å². The first-order chi connectivity index (χ1) is 12.0. The Morgan fingerprint density at radius 3 is 2.48 bits per heavy atom. The normalized spacial score (nSPS) is 21.8. The van der Waals surface area contributed by atoms with E-state index in [2.05, 4.69) is 16.9 Å². The maximum Gasteiger partial charge on any atom is 0.356 e. The molecule has 2 fully saturated rings. The summed E-state index contributed by atoms with van der Waals surface area (Å²) in [4.78, 5) is 33.1. The van der Waals surface area contributed by atoms with Crippen LogP contribution < -0.4 is 0 Å². The minimum absolute atomic E-state index is 0.152. The van der Waals surface area contributed by atoms with Crippen molar-refractivity contribution in [3.63, 3.8) is 0 Å². The van der Waals surface area contributed by atoms with E-state index in [9.17, 15) is 9.59 Å². The Labute approximate surface area is 144 Å². The average Bonchev–Trinajstić information content (AvgIpc) is 3.53. The number of hydrogen-bond donors (Lipinski definition) is 1. The molecule has 0 radical (unpaired) electrons. The molecule has 7 heteroatoms. The number of rotatable bonds is 6. The lowest BCUT2D eigenvalue weighted by Gasteiger charge is -2.20. The molecule has 1 amide bonds. The van der Waals surface area contributed by atoms with Gasteiger partial charge < -0.3 is 14.4 Å². The molecule has 2 unspecified atom stereocenters. The van der Waals surface area contributed by atoms with Gasteiger partial charge in [-0.3, -0.25) is 4.79 Å². The molecule has 0 spiro atoms. The van der Waals surface area contributed by atoms with E-state index >= 15 is 0 Å². The van der Waals surface area contributed by atoms with Crippen molar-refractivity contribution in [2.24, 2.45) is 5.92 Å². The van der Waals surface area contributed by atoms with Crippen molar-refractivity contribution in [2.45, 2.75) is 44.7 Å². The predicted octanol–water partition coefficient (Wildman–Crippen LogP) is 2.70. The second-order valence-electron chi connectivity index (χ2n) is 6.88. The van der Waals surface area contributed by atoms with Crippen LogP contribution in [-0.2, 0) is 6.54 Å². The van der Waals surface area contributed by atoms with Crippen LogP contribution in [0.4, 0.5) is 0 Å². The lowest BCUT2D eigenvalue weighted by molar-refractivity contribution is 0.0680. The predicted molar refractivity (Wildman–Crippen MR) is 87.1 cm³/mol. The van der Waals surface area contributed by atoms with E-state index in [1.165, 1.54) is 6.20 Å². The molecule has 130 valence electrons. The van der Waals surface area contributed by atoms with Crippen LogP contribution in [0.3, 0.4) is 0 Å². The summed E-state index contributed by atoms with van der Waals surface area (Å²) >= 11 is 0. The lowest BCUT2D eigenvalue weighted by Crippen LogP contribution is -2.33. The smallest absolute Gasteiger partial charge is 0.356 e. The minimum Gasteiger partial charge on any atom is -0.476 e. The van der Waals surface area contributed by atoms with E-state index in [4.69, 9.17) is 9.52 Å². The molecule has 2 aromatic rings. The SMILES string of the molecule is CC1CC1c1ccc(CN(C(=O)c2cnc(C(=O)O)cn2)C2CC2)o1. The monoisotopic (exact) mass is 341 g/mol. The van der Waals surface area contributed by atoms with Gasteiger partial charge in [-0.25, -0.2) is 14.8 Å². The Hall–Kier alpha value is -2.70. The molecule has 2 saturated carbocycles. The van der Waals surface area contributed by atoms with Gasteiger partial charge in [-0.1, -0.05) is 6.92 Å². The van der Waals surface area contributed by atoms with E-state index in [0.29, 0.717) is 18.4 Å². The van der Waals surface area contributed by atoms with Crippen molar-refractivity contribution in [1.29, 1.82) is 0 Å². The summed E-state index contributed by atoms with van der Waals surface area (Å²) in [5, 5.41) is 8.88. The van der Waals surface area contributed by atoms with Gasteiger partial charge in [0.15, 0.2) is 5.69 Å². The number of carbonyl (C=O) groups excluding carboxylic acids is 1. The Kier molecular flexibility index (Phi) is 3.78. The number of nitrogens with zero attached hydrogens (tertiary/aromatic N) is 3. The molecule has 4 rings (SSSR count). The Bertz CT molecular complexity index is 810. The Morgan fingerprint density at radius 1 is 1.24 bits per heavy atom. The van der Waals surface area contributed by atoms with Gasteiger partial charge in [0.25, 0.3) is 5.91 Å². The number of hydrogen-bond acceptors (Lipinski definition) is 5. The molecule has 0 aliphatic heterocycles. The fraction of sp³-hybridized carbons (Fsp3) is 0.444. The highest BCUT2D eigenvalue weighted by Gasteiger charge is 2.38. The van der Waals surface area contributed by atoms with Crippen LogP contribution in [0, 0.1) is 5.92 Å². The van der Waals surface area contributed by atoms with Gasteiger partial charge >= 0.3 is 5.97 Å². The molecule has 2 heterocycles. The number of carboxylic acids is 1. The zero-order valence-electron chi connectivity index (χ0n) is 13.9. The van der Waals surface area contributed by atoms with Crippen LogP contribution >= 0.6 is 0 Å². The molecule has 1 N–H and O–H groups in total. The quantitative estimate of drug-likeness (QED) is 0.868. The molecular weight excluding hydrogens is 322 g/mol. The number of amides is 1. The summed E-state index contributed by atoms with van der Waals surface area (Å²) in [6, 6.07) is 4.12. The molecule has 2 aliphatic rings.